The van der Waals surface area contributed by atoms with Crippen LogP contribution in [0.3, 0.4) is 0 Å². The number of anilines is 2. The molecule has 0 aliphatic carbocycles. The maximum absolute atomic E-state index is 13.1. The van der Waals surface area contributed by atoms with Gasteiger partial charge in [-0.15, -0.1) is 0 Å². The van der Waals surface area contributed by atoms with Crippen LogP contribution in [0.5, 0.6) is 5.75 Å². The Hall–Kier alpha value is -3.18. The first-order chi connectivity index (χ1) is 18.4. The SMILES string of the molecule is Cc1cc(OC([C@@H](O)CN2CCN(c3ccc(Cc4ccc(F)cc4)cc3)CC2)S(=O)(=O)O)c(C)c(C)c1N. The van der Waals surface area contributed by atoms with Crippen LogP contribution in [0.15, 0.2) is 54.6 Å². The van der Waals surface area contributed by atoms with Gasteiger partial charge in [0.15, 0.2) is 0 Å². The van der Waals surface area contributed by atoms with E-state index < -0.39 is 21.7 Å². The molecule has 2 atom stereocenters. The van der Waals surface area contributed by atoms with E-state index in [2.05, 4.69) is 29.2 Å². The first kappa shape index (κ1) is 28.8. The standard InChI is InChI=1S/C29H36FN3O5S/c1-19-16-27(20(2)21(3)28(19)31)38-29(39(35,36)37)26(34)18-32-12-14-33(15-13-32)25-10-6-23(7-11-25)17-22-4-8-24(30)9-5-22/h4-11,16,26,29,34H,12-15,17-18,31H2,1-3H3,(H,35,36,37)/t26-,29?/m0/s1. The number of piperazine rings is 1. The van der Waals surface area contributed by atoms with E-state index in [1.807, 2.05) is 11.8 Å². The Morgan fingerprint density at radius 3 is 2.08 bits per heavy atom. The second kappa shape index (κ2) is 11.9. The molecule has 4 rings (SSSR count). The van der Waals surface area contributed by atoms with E-state index in [-0.39, 0.29) is 18.1 Å². The van der Waals surface area contributed by atoms with Crippen LogP contribution in [0, 0.1) is 26.6 Å². The molecule has 1 saturated heterocycles. The van der Waals surface area contributed by atoms with E-state index in [1.54, 1.807) is 32.0 Å². The summed E-state index contributed by atoms with van der Waals surface area (Å²) in [7, 11) is -4.71. The number of hydrogen-bond acceptors (Lipinski definition) is 7. The third-order valence-electron chi connectivity index (χ3n) is 7.40. The van der Waals surface area contributed by atoms with Crippen molar-refractivity contribution in [3.8, 4) is 5.75 Å². The maximum atomic E-state index is 13.1. The first-order valence-corrected chi connectivity index (χ1v) is 14.4. The van der Waals surface area contributed by atoms with Crippen molar-refractivity contribution in [3.05, 3.63) is 88.2 Å². The van der Waals surface area contributed by atoms with E-state index >= 15 is 0 Å². The quantitative estimate of drug-likeness (QED) is 0.270. The second-order valence-corrected chi connectivity index (χ2v) is 11.7. The minimum atomic E-state index is -4.71. The van der Waals surface area contributed by atoms with Gasteiger partial charge in [-0.25, -0.2) is 4.39 Å². The van der Waals surface area contributed by atoms with Crippen LogP contribution in [-0.2, 0) is 16.5 Å². The van der Waals surface area contributed by atoms with Crippen LogP contribution < -0.4 is 15.4 Å². The number of aliphatic hydroxyl groups is 1. The molecule has 0 spiro atoms. The van der Waals surface area contributed by atoms with Gasteiger partial charge < -0.3 is 20.5 Å². The molecule has 1 fully saturated rings. The number of hydrogen-bond donors (Lipinski definition) is 3. The zero-order valence-corrected chi connectivity index (χ0v) is 23.3. The van der Waals surface area contributed by atoms with Gasteiger partial charge in [0.25, 0.3) is 5.44 Å². The monoisotopic (exact) mass is 557 g/mol. The van der Waals surface area contributed by atoms with Gasteiger partial charge in [-0.1, -0.05) is 24.3 Å². The molecule has 8 nitrogen and oxygen atoms in total. The molecule has 0 radical (unpaired) electrons. The molecule has 0 aromatic heterocycles. The molecule has 3 aromatic carbocycles. The summed E-state index contributed by atoms with van der Waals surface area (Å²) in [5.41, 5.74) is 10.2. The van der Waals surface area contributed by atoms with Crippen LogP contribution in [-0.4, -0.2) is 67.2 Å². The van der Waals surface area contributed by atoms with Crippen LogP contribution in [0.25, 0.3) is 0 Å². The minimum absolute atomic E-state index is 0.0287. The van der Waals surface area contributed by atoms with E-state index in [4.69, 9.17) is 10.5 Å². The largest absolute Gasteiger partial charge is 0.469 e. The highest BCUT2D eigenvalue weighted by molar-refractivity contribution is 7.86. The maximum Gasteiger partial charge on any atom is 0.306 e. The van der Waals surface area contributed by atoms with E-state index in [9.17, 15) is 22.5 Å². The number of nitrogens with zero attached hydrogens (tertiary/aromatic N) is 2. The lowest BCUT2D eigenvalue weighted by atomic mass is 10.0. The highest BCUT2D eigenvalue weighted by Gasteiger charge is 2.35. The summed E-state index contributed by atoms with van der Waals surface area (Å²) >= 11 is 0. The fourth-order valence-electron chi connectivity index (χ4n) is 4.85. The number of halogens is 1. The lowest BCUT2D eigenvalue weighted by Crippen LogP contribution is -2.52. The molecule has 1 unspecified atom stereocenters. The molecular weight excluding hydrogens is 521 g/mol. The van der Waals surface area contributed by atoms with Crippen LogP contribution in [0.1, 0.15) is 27.8 Å². The lowest BCUT2D eigenvalue weighted by molar-refractivity contribution is 0.0430. The van der Waals surface area contributed by atoms with Crippen LogP contribution >= 0.6 is 0 Å². The molecule has 3 aromatic rings. The highest BCUT2D eigenvalue weighted by atomic mass is 32.2. The molecule has 1 aliphatic rings. The summed E-state index contributed by atoms with van der Waals surface area (Å²) in [5.74, 6) is 0.0115. The normalized spacial score (nSPS) is 16.2. The van der Waals surface area contributed by atoms with Crippen molar-refractivity contribution in [2.45, 2.75) is 38.7 Å². The van der Waals surface area contributed by atoms with Crippen molar-refractivity contribution in [2.24, 2.45) is 0 Å². The van der Waals surface area contributed by atoms with Gasteiger partial charge in [0, 0.05) is 44.1 Å². The fourth-order valence-corrected chi connectivity index (χ4v) is 5.56. The molecule has 4 N–H and O–H groups in total. The number of benzene rings is 3. The van der Waals surface area contributed by atoms with Crippen molar-refractivity contribution in [1.82, 2.24) is 4.90 Å². The molecule has 210 valence electrons. The Morgan fingerprint density at radius 1 is 0.949 bits per heavy atom. The highest BCUT2D eigenvalue weighted by Crippen LogP contribution is 2.31. The molecule has 1 aliphatic heterocycles. The Bertz CT molecular complexity index is 1390. The number of ether oxygens (including phenoxy) is 1. The van der Waals surface area contributed by atoms with Gasteiger partial charge in [0.2, 0.25) is 0 Å². The predicted molar refractivity (Wildman–Crippen MR) is 151 cm³/mol. The molecule has 0 saturated carbocycles. The number of β-amino-alcohol motifs (C(OH)–C–C–N with tert-alkyl or cyclic N) is 1. The molecule has 10 heteroatoms. The van der Waals surface area contributed by atoms with E-state index in [1.165, 1.54) is 12.1 Å². The zero-order chi connectivity index (χ0) is 28.3. The number of aryl methyl sites for hydroxylation is 1. The number of rotatable bonds is 9. The molecule has 39 heavy (non-hydrogen) atoms. The third kappa shape index (κ3) is 7.07. The average molecular weight is 558 g/mol. The van der Waals surface area contributed by atoms with Crippen molar-refractivity contribution >= 4 is 21.5 Å². The lowest BCUT2D eigenvalue weighted by Gasteiger charge is -2.37. The Labute approximate surface area is 229 Å². The first-order valence-electron chi connectivity index (χ1n) is 12.9. The zero-order valence-electron chi connectivity index (χ0n) is 22.5. The summed E-state index contributed by atoms with van der Waals surface area (Å²) in [6, 6.07) is 16.4. The Balaban J connectivity index is 1.35. The third-order valence-corrected chi connectivity index (χ3v) is 8.40. The summed E-state index contributed by atoms with van der Waals surface area (Å²) in [6.07, 6.45) is -0.743. The van der Waals surface area contributed by atoms with Crippen molar-refractivity contribution in [1.29, 1.82) is 0 Å². The smallest absolute Gasteiger partial charge is 0.306 e. The van der Waals surface area contributed by atoms with Crippen LogP contribution in [0.4, 0.5) is 15.8 Å². The number of nitrogens with two attached hydrogens (primary N) is 1. The molecule has 1 heterocycles. The van der Waals surface area contributed by atoms with Gasteiger partial charge in [0.05, 0.1) is 0 Å². The summed E-state index contributed by atoms with van der Waals surface area (Å²) in [5, 5.41) is 10.8. The molecule has 0 bridgehead atoms. The minimum Gasteiger partial charge on any atom is -0.469 e. The van der Waals surface area contributed by atoms with Gasteiger partial charge in [-0.2, -0.15) is 8.42 Å². The van der Waals surface area contributed by atoms with Crippen molar-refractivity contribution in [3.63, 3.8) is 0 Å². The predicted octanol–water partition coefficient (Wildman–Crippen LogP) is 3.70. The van der Waals surface area contributed by atoms with Crippen molar-refractivity contribution < 1.29 is 27.2 Å². The van der Waals surface area contributed by atoms with Crippen molar-refractivity contribution in [2.75, 3.05) is 43.4 Å². The Morgan fingerprint density at radius 2 is 1.51 bits per heavy atom. The van der Waals surface area contributed by atoms with Gasteiger partial charge in [0.1, 0.15) is 17.7 Å². The van der Waals surface area contributed by atoms with E-state index in [0.717, 1.165) is 34.4 Å². The average Bonchev–Trinajstić information content (AvgIpc) is 2.90. The summed E-state index contributed by atoms with van der Waals surface area (Å²) in [4.78, 5) is 4.18. The van der Waals surface area contributed by atoms with Gasteiger partial charge in [-0.05, 0) is 85.3 Å². The van der Waals surface area contributed by atoms with Crippen LogP contribution in [0.2, 0.25) is 0 Å². The molecular formula is C29H36FN3O5S. The topological polar surface area (TPSA) is 116 Å². The number of aliphatic hydroxyl groups excluding tert-OH is 1. The van der Waals surface area contributed by atoms with Gasteiger partial charge >= 0.3 is 10.1 Å². The van der Waals surface area contributed by atoms with Gasteiger partial charge in [-0.3, -0.25) is 9.45 Å². The second-order valence-electron chi connectivity index (χ2n) is 10.2. The Kier molecular flexibility index (Phi) is 8.80. The number of nitrogen functional groups attached to an aromatic ring is 1. The summed E-state index contributed by atoms with van der Waals surface area (Å²) in [6.45, 7) is 7.96. The molecule has 0 amide bonds. The summed E-state index contributed by atoms with van der Waals surface area (Å²) < 4.78 is 53.0. The van der Waals surface area contributed by atoms with E-state index in [0.29, 0.717) is 37.4 Å². The fraction of sp³-hybridized carbons (Fsp3) is 0.379.